The highest BCUT2D eigenvalue weighted by Gasteiger charge is 2.20. The van der Waals surface area contributed by atoms with Crippen molar-refractivity contribution in [2.75, 3.05) is 0 Å². The Bertz CT molecular complexity index is 1500. The summed E-state index contributed by atoms with van der Waals surface area (Å²) >= 11 is 0. The predicted octanol–water partition coefficient (Wildman–Crippen LogP) is 2.75. The average molecular weight is 448 g/mol. The number of hydrazine groups is 1. The molecule has 0 unspecified atom stereocenters. The molecular weight excluding hydrogens is 427 g/mol. The Hall–Kier alpha value is -4.21. The molecule has 9 nitrogen and oxygen atoms in total. The van der Waals surface area contributed by atoms with Gasteiger partial charge in [-0.25, -0.2) is 19.0 Å². The van der Waals surface area contributed by atoms with Crippen LogP contribution in [0.2, 0.25) is 0 Å². The first-order valence-electron chi connectivity index (χ1n) is 10.2. The van der Waals surface area contributed by atoms with Crippen molar-refractivity contribution in [1.82, 2.24) is 30.6 Å². The molecule has 168 valence electrons. The maximum Gasteiger partial charge on any atom is 0.290 e. The van der Waals surface area contributed by atoms with Crippen molar-refractivity contribution in [3.63, 3.8) is 0 Å². The van der Waals surface area contributed by atoms with Crippen LogP contribution in [0.3, 0.4) is 0 Å². The molecule has 0 radical (unpaired) electrons. The van der Waals surface area contributed by atoms with Gasteiger partial charge in [0, 0.05) is 11.5 Å². The molecule has 0 aliphatic carbocycles. The van der Waals surface area contributed by atoms with Gasteiger partial charge in [0.1, 0.15) is 11.3 Å². The van der Waals surface area contributed by atoms with Crippen molar-refractivity contribution >= 4 is 33.6 Å². The number of carbonyl (C=O) groups excluding carboxylic acids is 2. The fraction of sp³-hybridized carbons (Fsp3) is 0.217. The molecule has 4 rings (SSSR count). The molecule has 0 saturated heterocycles. The third kappa shape index (κ3) is 4.02. The Morgan fingerprint density at radius 2 is 1.61 bits per heavy atom. The first kappa shape index (κ1) is 22.0. The van der Waals surface area contributed by atoms with E-state index in [1.165, 1.54) is 10.7 Å². The van der Waals surface area contributed by atoms with Crippen LogP contribution in [0.4, 0.5) is 4.39 Å². The first-order valence-corrected chi connectivity index (χ1v) is 10.2. The summed E-state index contributed by atoms with van der Waals surface area (Å²) in [5, 5.41) is 4.87. The number of fused-ring (bicyclic) bond motifs is 2. The van der Waals surface area contributed by atoms with E-state index in [2.05, 4.69) is 25.9 Å². The lowest BCUT2D eigenvalue weighted by Gasteiger charge is -2.14. The van der Waals surface area contributed by atoms with E-state index in [1.807, 2.05) is 0 Å². The molecular formula is C23H21FN6O3. The van der Waals surface area contributed by atoms with Gasteiger partial charge in [0.2, 0.25) is 0 Å². The van der Waals surface area contributed by atoms with E-state index >= 15 is 0 Å². The largest absolute Gasteiger partial charge is 0.290 e. The fourth-order valence-corrected chi connectivity index (χ4v) is 3.44. The number of halogens is 1. The van der Waals surface area contributed by atoms with Gasteiger partial charge in [-0.15, -0.1) is 0 Å². The quantitative estimate of drug-likeness (QED) is 0.465. The maximum atomic E-state index is 14.1. The van der Waals surface area contributed by atoms with Crippen LogP contribution in [0.25, 0.3) is 21.8 Å². The maximum absolute atomic E-state index is 14.1. The van der Waals surface area contributed by atoms with E-state index < -0.39 is 17.6 Å². The summed E-state index contributed by atoms with van der Waals surface area (Å²) in [6.07, 6.45) is 0. The lowest BCUT2D eigenvalue weighted by molar-refractivity contribution is 0.0844. The van der Waals surface area contributed by atoms with Gasteiger partial charge >= 0.3 is 0 Å². The number of amides is 2. The Balaban J connectivity index is 1.67. The number of hydrogen-bond donors (Lipinski definition) is 2. The van der Waals surface area contributed by atoms with E-state index in [0.29, 0.717) is 22.2 Å². The molecule has 2 aromatic heterocycles. The summed E-state index contributed by atoms with van der Waals surface area (Å²) in [6.45, 7) is 7.01. The molecule has 2 heterocycles. The zero-order valence-corrected chi connectivity index (χ0v) is 18.4. The smallest absolute Gasteiger partial charge is 0.267 e. The number of nitrogens with zero attached hydrogens (tertiary/aromatic N) is 4. The van der Waals surface area contributed by atoms with Crippen LogP contribution >= 0.6 is 0 Å². The molecule has 33 heavy (non-hydrogen) atoms. The van der Waals surface area contributed by atoms with Gasteiger partial charge in [0.15, 0.2) is 5.69 Å². The minimum atomic E-state index is -0.771. The fourth-order valence-electron chi connectivity index (χ4n) is 3.44. The first-order chi connectivity index (χ1) is 15.7. The second-order valence-corrected chi connectivity index (χ2v) is 7.86. The van der Waals surface area contributed by atoms with Crippen LogP contribution < -0.4 is 16.4 Å². The molecule has 0 spiro atoms. The number of nitrogens with one attached hydrogen (secondary N) is 2. The number of aromatic nitrogens is 4. The van der Waals surface area contributed by atoms with Crippen LogP contribution in [-0.2, 0) is 0 Å². The van der Waals surface area contributed by atoms with Gasteiger partial charge in [0.25, 0.3) is 17.4 Å². The van der Waals surface area contributed by atoms with Crippen molar-refractivity contribution in [2.45, 2.75) is 33.7 Å². The Morgan fingerprint density at radius 1 is 0.970 bits per heavy atom. The Labute approximate surface area is 187 Å². The highest BCUT2D eigenvalue weighted by molar-refractivity contribution is 6.08. The van der Waals surface area contributed by atoms with E-state index in [0.717, 1.165) is 6.07 Å². The minimum absolute atomic E-state index is 0.0328. The third-order valence-electron chi connectivity index (χ3n) is 5.21. The second-order valence-electron chi connectivity index (χ2n) is 7.86. The van der Waals surface area contributed by atoms with Crippen LogP contribution in [0.5, 0.6) is 0 Å². The van der Waals surface area contributed by atoms with Crippen molar-refractivity contribution in [3.05, 3.63) is 75.2 Å². The summed E-state index contributed by atoms with van der Waals surface area (Å²) < 4.78 is 15.3. The van der Waals surface area contributed by atoms with Crippen molar-refractivity contribution in [3.8, 4) is 0 Å². The predicted molar refractivity (Wildman–Crippen MR) is 120 cm³/mol. The van der Waals surface area contributed by atoms with Crippen LogP contribution in [0, 0.1) is 19.7 Å². The SMILES string of the molecule is Cc1nc2cc(F)cc(C(=O)NNC(=O)c3nn(C(C)C)c(=O)c4ccccc34)c2nc1C. The van der Waals surface area contributed by atoms with Gasteiger partial charge in [-0.3, -0.25) is 25.2 Å². The normalized spacial score (nSPS) is 11.2. The molecule has 0 aliphatic rings. The molecule has 0 fully saturated rings. The third-order valence-corrected chi connectivity index (χ3v) is 5.21. The summed E-state index contributed by atoms with van der Waals surface area (Å²) in [7, 11) is 0. The molecule has 0 atom stereocenters. The Morgan fingerprint density at radius 3 is 2.30 bits per heavy atom. The van der Waals surface area contributed by atoms with E-state index in [1.54, 1.807) is 52.0 Å². The molecule has 2 aromatic carbocycles. The molecule has 4 aromatic rings. The topological polar surface area (TPSA) is 119 Å². The van der Waals surface area contributed by atoms with Crippen LogP contribution in [0.15, 0.2) is 41.2 Å². The highest BCUT2D eigenvalue weighted by Crippen LogP contribution is 2.19. The van der Waals surface area contributed by atoms with Gasteiger partial charge in [-0.2, -0.15) is 5.10 Å². The van der Waals surface area contributed by atoms with Crippen LogP contribution in [0.1, 0.15) is 52.1 Å². The second kappa shape index (κ2) is 8.38. The average Bonchev–Trinajstić information content (AvgIpc) is 2.78. The van der Waals surface area contributed by atoms with E-state index in [-0.39, 0.29) is 33.9 Å². The molecule has 0 aliphatic heterocycles. The van der Waals surface area contributed by atoms with Crippen molar-refractivity contribution in [1.29, 1.82) is 0 Å². The molecule has 10 heteroatoms. The Kier molecular flexibility index (Phi) is 5.59. The van der Waals surface area contributed by atoms with Crippen molar-refractivity contribution < 1.29 is 14.0 Å². The molecule has 0 saturated carbocycles. The highest BCUT2D eigenvalue weighted by atomic mass is 19.1. The number of carbonyl (C=O) groups is 2. The van der Waals surface area contributed by atoms with Crippen LogP contribution in [-0.4, -0.2) is 31.6 Å². The lowest BCUT2D eigenvalue weighted by Crippen LogP contribution is -2.43. The summed E-state index contributed by atoms with van der Waals surface area (Å²) in [5.41, 5.74) is 5.80. The number of aryl methyl sites for hydroxylation is 2. The summed E-state index contributed by atoms with van der Waals surface area (Å²) in [6, 6.07) is 8.52. The van der Waals surface area contributed by atoms with Gasteiger partial charge < -0.3 is 0 Å². The monoisotopic (exact) mass is 448 g/mol. The summed E-state index contributed by atoms with van der Waals surface area (Å²) in [5.74, 6) is -2.16. The standard InChI is InChI=1S/C23H21FN6O3/c1-11(2)30-23(33)16-8-6-5-7-15(16)20(29-30)22(32)28-27-21(31)17-9-14(24)10-18-19(17)26-13(4)12(3)25-18/h5-11H,1-4H3,(H,27,31)(H,28,32). The van der Waals surface area contributed by atoms with Gasteiger partial charge in [-0.05, 0) is 39.8 Å². The number of hydrogen-bond acceptors (Lipinski definition) is 6. The van der Waals surface area contributed by atoms with Crippen molar-refractivity contribution in [2.24, 2.45) is 0 Å². The number of rotatable bonds is 3. The zero-order valence-electron chi connectivity index (χ0n) is 18.4. The zero-order chi connectivity index (χ0) is 23.9. The van der Waals surface area contributed by atoms with E-state index in [4.69, 9.17) is 0 Å². The lowest BCUT2D eigenvalue weighted by atomic mass is 10.1. The summed E-state index contributed by atoms with van der Waals surface area (Å²) in [4.78, 5) is 47.0. The molecule has 2 N–H and O–H groups in total. The minimum Gasteiger partial charge on any atom is -0.267 e. The van der Waals surface area contributed by atoms with E-state index in [9.17, 15) is 18.8 Å². The van der Waals surface area contributed by atoms with Gasteiger partial charge in [0.05, 0.1) is 33.9 Å². The molecule has 0 bridgehead atoms. The van der Waals surface area contributed by atoms with Gasteiger partial charge in [-0.1, -0.05) is 18.2 Å². The molecule has 2 amide bonds. The number of benzene rings is 2.